The lowest BCUT2D eigenvalue weighted by molar-refractivity contribution is -0.105. The smallest absolute Gasteiger partial charge is 0.145 e. The maximum absolute atomic E-state index is 10.8. The zero-order chi connectivity index (χ0) is 9.19. The molecule has 0 fully saturated rings. The first kappa shape index (κ1) is 9.50. The molecule has 1 nitrogen and oxygen atoms in total. The predicted molar refractivity (Wildman–Crippen MR) is 51.0 cm³/mol. The molecule has 0 unspecified atom stereocenters. The van der Waals surface area contributed by atoms with Crippen molar-refractivity contribution in [1.29, 1.82) is 0 Å². The first-order valence-electron chi connectivity index (χ1n) is 4.73. The average Bonchev–Trinajstić information content (AvgIpc) is 2.03. The van der Waals surface area contributed by atoms with Crippen molar-refractivity contribution in [2.45, 2.75) is 46.5 Å². The maximum atomic E-state index is 10.8. The van der Waals surface area contributed by atoms with Crippen molar-refractivity contribution in [3.05, 3.63) is 11.1 Å². The highest BCUT2D eigenvalue weighted by Gasteiger charge is 2.22. The van der Waals surface area contributed by atoms with Crippen LogP contribution < -0.4 is 0 Å². The van der Waals surface area contributed by atoms with Crippen LogP contribution in [0.3, 0.4) is 0 Å². The fraction of sp³-hybridized carbons (Fsp3) is 0.727. The summed E-state index contributed by atoms with van der Waals surface area (Å²) in [7, 11) is 0. The molecule has 68 valence electrons. The van der Waals surface area contributed by atoms with Gasteiger partial charge in [-0.1, -0.05) is 26.3 Å². The summed E-state index contributed by atoms with van der Waals surface area (Å²) in [5.74, 6) is 0. The maximum Gasteiger partial charge on any atom is 0.145 e. The van der Waals surface area contributed by atoms with E-state index in [1.807, 2.05) is 0 Å². The number of hydrogen-bond acceptors (Lipinski definition) is 1. The van der Waals surface area contributed by atoms with Crippen LogP contribution in [0.1, 0.15) is 46.5 Å². The molecule has 0 amide bonds. The predicted octanol–water partition coefficient (Wildman–Crippen LogP) is 3.10. The molecular weight excluding hydrogens is 148 g/mol. The summed E-state index contributed by atoms with van der Waals surface area (Å²) in [6.07, 6.45) is 5.62. The standard InChI is InChI=1S/C11H18O/c1-11(2,3)10-7-5-4-6-9(10)8-12/h8H,4-7H2,1-3H3. The van der Waals surface area contributed by atoms with Crippen LogP contribution in [0.4, 0.5) is 0 Å². The molecule has 1 aliphatic rings. The van der Waals surface area contributed by atoms with Gasteiger partial charge in [0.05, 0.1) is 0 Å². The fourth-order valence-corrected chi connectivity index (χ4v) is 1.92. The third-order valence-corrected chi connectivity index (χ3v) is 2.56. The van der Waals surface area contributed by atoms with Crippen LogP contribution in [0.5, 0.6) is 0 Å². The number of rotatable bonds is 1. The zero-order valence-electron chi connectivity index (χ0n) is 8.31. The largest absolute Gasteiger partial charge is 0.298 e. The number of aldehydes is 1. The summed E-state index contributed by atoms with van der Waals surface area (Å²) in [5.41, 5.74) is 2.63. The van der Waals surface area contributed by atoms with Crippen LogP contribution in [-0.4, -0.2) is 6.29 Å². The molecule has 0 aliphatic heterocycles. The van der Waals surface area contributed by atoms with Crippen molar-refractivity contribution in [1.82, 2.24) is 0 Å². The van der Waals surface area contributed by atoms with E-state index in [4.69, 9.17) is 0 Å². The number of carbonyl (C=O) groups is 1. The molecular formula is C11H18O. The molecule has 0 heterocycles. The third kappa shape index (κ3) is 1.96. The summed E-state index contributed by atoms with van der Waals surface area (Å²) in [6, 6.07) is 0. The highest BCUT2D eigenvalue weighted by molar-refractivity contribution is 5.75. The topological polar surface area (TPSA) is 17.1 Å². The van der Waals surface area contributed by atoms with Crippen molar-refractivity contribution < 1.29 is 4.79 Å². The van der Waals surface area contributed by atoms with Gasteiger partial charge in [0.1, 0.15) is 6.29 Å². The highest BCUT2D eigenvalue weighted by atomic mass is 16.1. The van der Waals surface area contributed by atoms with Crippen molar-refractivity contribution in [2.24, 2.45) is 5.41 Å². The lowest BCUT2D eigenvalue weighted by Crippen LogP contribution is -2.15. The SMILES string of the molecule is CC(C)(C)C1=C(C=O)CCCC1. The second-order valence-electron chi connectivity index (χ2n) is 4.58. The van der Waals surface area contributed by atoms with Crippen molar-refractivity contribution in [3.63, 3.8) is 0 Å². The lowest BCUT2D eigenvalue weighted by Gasteiger charge is -2.28. The highest BCUT2D eigenvalue weighted by Crippen LogP contribution is 2.36. The molecule has 0 atom stereocenters. The first-order valence-corrected chi connectivity index (χ1v) is 4.73. The summed E-state index contributed by atoms with van der Waals surface area (Å²) in [6.45, 7) is 6.57. The quantitative estimate of drug-likeness (QED) is 0.547. The molecule has 1 aliphatic carbocycles. The van der Waals surface area contributed by atoms with E-state index < -0.39 is 0 Å². The van der Waals surface area contributed by atoms with Gasteiger partial charge in [0.25, 0.3) is 0 Å². The fourth-order valence-electron chi connectivity index (χ4n) is 1.92. The van der Waals surface area contributed by atoms with Gasteiger partial charge in [-0.3, -0.25) is 4.79 Å². The van der Waals surface area contributed by atoms with Crippen LogP contribution >= 0.6 is 0 Å². The van der Waals surface area contributed by atoms with Crippen molar-refractivity contribution >= 4 is 6.29 Å². The van der Waals surface area contributed by atoms with E-state index in [1.165, 1.54) is 18.4 Å². The van der Waals surface area contributed by atoms with E-state index in [2.05, 4.69) is 20.8 Å². The molecule has 0 N–H and O–H groups in total. The Balaban J connectivity index is 2.95. The zero-order valence-corrected chi connectivity index (χ0v) is 8.31. The molecule has 0 bridgehead atoms. The van der Waals surface area contributed by atoms with E-state index in [0.717, 1.165) is 24.7 Å². The molecule has 0 aromatic heterocycles. The Morgan fingerprint density at radius 3 is 2.17 bits per heavy atom. The Hall–Kier alpha value is -0.590. The normalized spacial score (nSPS) is 19.6. The summed E-state index contributed by atoms with van der Waals surface area (Å²) in [5, 5.41) is 0. The number of carbonyl (C=O) groups excluding carboxylic acids is 1. The monoisotopic (exact) mass is 166 g/mol. The van der Waals surface area contributed by atoms with Crippen molar-refractivity contribution in [2.75, 3.05) is 0 Å². The van der Waals surface area contributed by atoms with Crippen LogP contribution in [0.25, 0.3) is 0 Å². The summed E-state index contributed by atoms with van der Waals surface area (Å²) < 4.78 is 0. The van der Waals surface area contributed by atoms with E-state index in [1.54, 1.807) is 0 Å². The third-order valence-electron chi connectivity index (χ3n) is 2.56. The van der Waals surface area contributed by atoms with Gasteiger partial charge in [0.15, 0.2) is 0 Å². The molecule has 0 saturated heterocycles. The average molecular weight is 166 g/mol. The molecule has 0 aromatic rings. The summed E-state index contributed by atoms with van der Waals surface area (Å²) >= 11 is 0. The Bertz CT molecular complexity index is 206. The Labute approximate surface area is 74.9 Å². The molecule has 0 saturated carbocycles. The van der Waals surface area contributed by atoms with E-state index >= 15 is 0 Å². The van der Waals surface area contributed by atoms with E-state index in [9.17, 15) is 4.79 Å². The van der Waals surface area contributed by atoms with Gasteiger partial charge < -0.3 is 0 Å². The van der Waals surface area contributed by atoms with Crippen molar-refractivity contribution in [3.8, 4) is 0 Å². The second-order valence-corrected chi connectivity index (χ2v) is 4.58. The van der Waals surface area contributed by atoms with E-state index in [-0.39, 0.29) is 5.41 Å². The van der Waals surface area contributed by atoms with Gasteiger partial charge in [-0.2, -0.15) is 0 Å². The van der Waals surface area contributed by atoms with Gasteiger partial charge in [0, 0.05) is 0 Å². The van der Waals surface area contributed by atoms with Gasteiger partial charge in [-0.25, -0.2) is 0 Å². The van der Waals surface area contributed by atoms with Crippen LogP contribution in [-0.2, 0) is 4.79 Å². The Morgan fingerprint density at radius 2 is 1.75 bits per heavy atom. The lowest BCUT2D eigenvalue weighted by atomic mass is 9.77. The first-order chi connectivity index (χ1) is 5.55. The van der Waals surface area contributed by atoms with E-state index in [0.29, 0.717) is 0 Å². The van der Waals surface area contributed by atoms with Gasteiger partial charge in [-0.15, -0.1) is 0 Å². The molecule has 0 spiro atoms. The van der Waals surface area contributed by atoms with Gasteiger partial charge >= 0.3 is 0 Å². The molecule has 0 aromatic carbocycles. The molecule has 1 rings (SSSR count). The second kappa shape index (κ2) is 3.42. The molecule has 12 heavy (non-hydrogen) atoms. The number of allylic oxidation sites excluding steroid dienone is 2. The Morgan fingerprint density at radius 1 is 1.17 bits per heavy atom. The minimum absolute atomic E-state index is 0.191. The van der Waals surface area contributed by atoms with Crippen LogP contribution in [0, 0.1) is 5.41 Å². The minimum Gasteiger partial charge on any atom is -0.298 e. The molecule has 0 radical (unpaired) electrons. The van der Waals surface area contributed by atoms with Crippen LogP contribution in [0.2, 0.25) is 0 Å². The Kier molecular flexibility index (Phi) is 2.71. The van der Waals surface area contributed by atoms with Gasteiger partial charge in [-0.05, 0) is 36.7 Å². The minimum atomic E-state index is 0.191. The van der Waals surface area contributed by atoms with Gasteiger partial charge in [0.2, 0.25) is 0 Å². The van der Waals surface area contributed by atoms with Crippen LogP contribution in [0.15, 0.2) is 11.1 Å². The molecule has 1 heteroatoms. The number of hydrogen-bond donors (Lipinski definition) is 0. The summed E-state index contributed by atoms with van der Waals surface area (Å²) in [4.78, 5) is 10.8.